The fraction of sp³-hybridized carbons (Fsp3) is 0.222. The summed E-state index contributed by atoms with van der Waals surface area (Å²) in [5, 5.41) is 26.5. The summed E-state index contributed by atoms with van der Waals surface area (Å²) >= 11 is 0. The zero-order valence-electron chi connectivity index (χ0n) is 40.6. The fourth-order valence-electron chi connectivity index (χ4n) is 9.85. The van der Waals surface area contributed by atoms with Crippen LogP contribution in [0.4, 0.5) is 23.0 Å². The van der Waals surface area contributed by atoms with Crippen molar-refractivity contribution in [2.45, 2.75) is 38.5 Å². The lowest BCUT2D eigenvalue weighted by Crippen LogP contribution is -2.15. The maximum absolute atomic E-state index is 12.9. The Morgan fingerprint density at radius 3 is 1.35 bits per heavy atom. The minimum atomic E-state index is -0.0670. The number of carbonyl (C=O) groups is 2. The number of amides is 2. The molecule has 0 spiro atoms. The third-order valence-corrected chi connectivity index (χ3v) is 13.8. The molecule has 2 aliphatic carbocycles. The maximum Gasteiger partial charge on any atom is 0.229 e. The van der Waals surface area contributed by atoms with Crippen LogP contribution in [-0.4, -0.2) is 70.9 Å². The van der Waals surface area contributed by atoms with Crippen LogP contribution in [0.1, 0.15) is 46.9 Å². The molecule has 8 aromatic heterocycles. The van der Waals surface area contributed by atoms with E-state index in [9.17, 15) is 9.59 Å². The van der Waals surface area contributed by atoms with Gasteiger partial charge < -0.3 is 22.1 Å². The lowest BCUT2D eigenvalue weighted by molar-refractivity contribution is -0.118. The molecule has 360 valence electrons. The van der Waals surface area contributed by atoms with Crippen molar-refractivity contribution in [1.82, 2.24) is 59.1 Å². The van der Waals surface area contributed by atoms with Crippen LogP contribution in [0, 0.1) is 25.7 Å². The summed E-state index contributed by atoms with van der Waals surface area (Å²) in [5.74, 6) is 1.25. The van der Waals surface area contributed by atoms with Gasteiger partial charge in [-0.05, 0) is 143 Å². The van der Waals surface area contributed by atoms with Crippen molar-refractivity contribution in [2.75, 3.05) is 22.1 Å². The third kappa shape index (κ3) is 8.67. The van der Waals surface area contributed by atoms with Crippen LogP contribution < -0.4 is 22.1 Å². The van der Waals surface area contributed by atoms with Crippen molar-refractivity contribution in [2.24, 2.45) is 40.0 Å². The highest BCUT2D eigenvalue weighted by Gasteiger charge is 2.45. The van der Waals surface area contributed by atoms with E-state index in [1.807, 2.05) is 111 Å². The first kappa shape index (κ1) is 45.4. The summed E-state index contributed by atoms with van der Waals surface area (Å²) in [5.41, 5.74) is 25.9. The van der Waals surface area contributed by atoms with E-state index < -0.39 is 0 Å². The summed E-state index contributed by atoms with van der Waals surface area (Å²) in [6.45, 7) is 4.12. The summed E-state index contributed by atoms with van der Waals surface area (Å²) in [6, 6.07) is 19.7. The molecule has 12 rings (SSSR count). The van der Waals surface area contributed by atoms with E-state index in [-0.39, 0.29) is 35.5 Å². The summed E-state index contributed by atoms with van der Waals surface area (Å²) in [6.07, 6.45) is 19.8. The summed E-state index contributed by atoms with van der Waals surface area (Å²) < 4.78 is 7.14. The maximum atomic E-state index is 12.9. The van der Waals surface area contributed by atoms with Gasteiger partial charge in [0.05, 0.1) is 35.2 Å². The number of fused-ring (bicyclic) bond motifs is 2. The molecule has 0 saturated heterocycles. The smallest absolute Gasteiger partial charge is 0.229 e. The average molecular weight is 957 g/mol. The van der Waals surface area contributed by atoms with Crippen molar-refractivity contribution in [3.63, 3.8) is 0 Å². The number of benzene rings is 2. The number of aromatic nitrogens is 12. The van der Waals surface area contributed by atoms with Gasteiger partial charge >= 0.3 is 0 Å². The van der Waals surface area contributed by atoms with Crippen LogP contribution in [0.25, 0.3) is 66.6 Å². The highest BCUT2D eigenvalue weighted by atomic mass is 16.2. The average Bonchev–Trinajstić information content (AvgIpc) is 4.08. The predicted molar refractivity (Wildman–Crippen MR) is 278 cm³/mol. The van der Waals surface area contributed by atoms with Crippen LogP contribution >= 0.6 is 0 Å². The molecule has 2 aromatic carbocycles. The molecular formula is C54H52N16O2. The first-order valence-electron chi connectivity index (χ1n) is 23.6. The van der Waals surface area contributed by atoms with Crippen molar-refractivity contribution in [3.8, 4) is 45.0 Å². The molecule has 4 atom stereocenters. The Kier molecular flexibility index (Phi) is 11.4. The molecule has 10 aromatic rings. The molecule has 2 fully saturated rings. The van der Waals surface area contributed by atoms with Crippen LogP contribution in [0.3, 0.4) is 0 Å². The molecule has 0 bridgehead atoms. The number of nitrogens with zero attached hydrogens (tertiary/aromatic N) is 12. The zero-order chi connectivity index (χ0) is 49.9. The highest BCUT2D eigenvalue weighted by molar-refractivity contribution is 6.03. The van der Waals surface area contributed by atoms with Crippen molar-refractivity contribution >= 4 is 56.4 Å². The lowest BCUT2D eigenvalue weighted by Gasteiger charge is -2.14. The number of nitrogens with two attached hydrogens (primary N) is 2. The topological polar surface area (TPSA) is 233 Å². The number of pyridine rings is 4. The van der Waals surface area contributed by atoms with Gasteiger partial charge in [0.2, 0.25) is 11.8 Å². The second-order valence-electron chi connectivity index (χ2n) is 18.9. The van der Waals surface area contributed by atoms with Gasteiger partial charge in [0.15, 0.2) is 0 Å². The Hall–Kier alpha value is -9.06. The molecule has 18 heteroatoms. The largest absolute Gasteiger partial charge is 0.398 e. The standard InChI is InChI=1S/2C27H26N8O/c2*1-15-4-6-29-26(23-5-7-31-35(23)3)25(15)17-8-16-10-24(30-13-21(16)22(28)9-17)33-27(36)20-11-19(20)18-12-32-34(2)14-18/h2*4-10,12-14,19-20H,11,28H2,1-3H3,(H,30,33,36)/t2*19-,20+/m10/s1. The second-order valence-corrected chi connectivity index (χ2v) is 18.9. The van der Waals surface area contributed by atoms with Gasteiger partial charge in [0.1, 0.15) is 11.6 Å². The Balaban J connectivity index is 0.000000156. The molecule has 0 aliphatic heterocycles. The number of anilines is 4. The molecule has 0 unspecified atom stereocenters. The molecule has 2 amide bonds. The number of nitrogens with one attached hydrogen (secondary N) is 2. The van der Waals surface area contributed by atoms with E-state index in [1.165, 1.54) is 0 Å². The zero-order valence-corrected chi connectivity index (χ0v) is 40.6. The van der Waals surface area contributed by atoms with E-state index in [1.54, 1.807) is 46.5 Å². The first-order valence-corrected chi connectivity index (χ1v) is 23.6. The minimum Gasteiger partial charge on any atom is -0.398 e. The SMILES string of the molecule is Cc1ccnc(-c2ccnn2C)c1-c1cc(N)c2cnc(NC(=O)[C@@H]3C[C@H]3c3cnn(C)c3)cc2c1.Cc1ccnc(-c2ccnn2C)c1-c1cc(N)c2cnc(NC(=O)[C@H]3C[C@@H]3c3cnn(C)c3)cc2c1. The summed E-state index contributed by atoms with van der Waals surface area (Å²) in [7, 11) is 7.56. The number of hydrogen-bond donors (Lipinski definition) is 4. The Labute approximate surface area is 414 Å². The Morgan fingerprint density at radius 2 is 0.972 bits per heavy atom. The van der Waals surface area contributed by atoms with Gasteiger partial charge in [0, 0.05) is 123 Å². The van der Waals surface area contributed by atoms with Gasteiger partial charge in [-0.3, -0.25) is 38.3 Å². The quantitative estimate of drug-likeness (QED) is 0.0952. The van der Waals surface area contributed by atoms with Gasteiger partial charge in [-0.15, -0.1) is 0 Å². The predicted octanol–water partition coefficient (Wildman–Crippen LogP) is 8.13. The molecule has 2 aliphatic rings. The van der Waals surface area contributed by atoms with Crippen LogP contribution in [-0.2, 0) is 37.8 Å². The second kappa shape index (κ2) is 18.0. The van der Waals surface area contributed by atoms with E-state index in [4.69, 9.17) is 11.5 Å². The van der Waals surface area contributed by atoms with Crippen molar-refractivity contribution < 1.29 is 9.59 Å². The highest BCUT2D eigenvalue weighted by Crippen LogP contribution is 2.49. The minimum absolute atomic E-state index is 0.0265. The molecule has 2 saturated carbocycles. The molecule has 18 nitrogen and oxygen atoms in total. The van der Waals surface area contributed by atoms with Crippen LogP contribution in [0.5, 0.6) is 0 Å². The Bertz CT molecular complexity index is 3510. The van der Waals surface area contributed by atoms with E-state index >= 15 is 0 Å². The fourth-order valence-corrected chi connectivity index (χ4v) is 9.85. The normalized spacial score (nSPS) is 16.9. The van der Waals surface area contributed by atoms with Gasteiger partial charge in [0.25, 0.3) is 0 Å². The molecule has 0 radical (unpaired) electrons. The third-order valence-electron chi connectivity index (χ3n) is 13.8. The molecule has 8 heterocycles. The van der Waals surface area contributed by atoms with Crippen LogP contribution in [0.2, 0.25) is 0 Å². The van der Waals surface area contributed by atoms with E-state index in [0.29, 0.717) is 23.0 Å². The molecule has 6 N–H and O–H groups in total. The van der Waals surface area contributed by atoms with E-state index in [2.05, 4.69) is 76.9 Å². The van der Waals surface area contributed by atoms with Gasteiger partial charge in [-0.1, -0.05) is 0 Å². The van der Waals surface area contributed by atoms with Gasteiger partial charge in [-0.2, -0.15) is 20.4 Å². The molecular weight excluding hydrogens is 905 g/mol. The number of aryl methyl sites for hydroxylation is 6. The van der Waals surface area contributed by atoms with Crippen LogP contribution in [0.15, 0.2) is 123 Å². The summed E-state index contributed by atoms with van der Waals surface area (Å²) in [4.78, 5) is 44.0. The first-order chi connectivity index (χ1) is 34.8. The number of rotatable bonds is 10. The van der Waals surface area contributed by atoms with Crippen molar-refractivity contribution in [1.29, 1.82) is 0 Å². The van der Waals surface area contributed by atoms with Gasteiger partial charge in [-0.25, -0.2) is 9.97 Å². The number of nitrogen functional groups attached to an aromatic ring is 2. The number of carbonyl (C=O) groups excluding carboxylic acids is 2. The monoisotopic (exact) mass is 956 g/mol. The number of hydrogen-bond acceptors (Lipinski definition) is 12. The lowest BCUT2D eigenvalue weighted by atomic mass is 9.95. The molecule has 72 heavy (non-hydrogen) atoms. The Morgan fingerprint density at radius 1 is 0.542 bits per heavy atom. The van der Waals surface area contributed by atoms with E-state index in [0.717, 1.165) is 102 Å². The van der Waals surface area contributed by atoms with Crippen molar-refractivity contribution in [3.05, 3.63) is 145 Å².